The highest BCUT2D eigenvalue weighted by Crippen LogP contribution is 2.18. The van der Waals surface area contributed by atoms with Gasteiger partial charge in [0.1, 0.15) is 0 Å². The van der Waals surface area contributed by atoms with E-state index in [4.69, 9.17) is 11.6 Å². The van der Waals surface area contributed by atoms with Crippen LogP contribution in [-0.4, -0.2) is 18.7 Å². The summed E-state index contributed by atoms with van der Waals surface area (Å²) in [6.07, 6.45) is 0. The number of hydrogen-bond acceptors (Lipinski definition) is 3. The SMILES string of the molecule is Cn1c(=O)c2c(nc(Cl)n2Cc2ccc(Br)cc2)n(C)c1=O. The van der Waals surface area contributed by atoms with Crippen LogP contribution in [-0.2, 0) is 20.6 Å². The summed E-state index contributed by atoms with van der Waals surface area (Å²) in [5.41, 5.74) is 0.741. The minimum absolute atomic E-state index is 0.177. The fraction of sp³-hybridized carbons (Fsp3) is 0.214. The second-order valence-electron chi connectivity index (χ2n) is 4.97. The van der Waals surface area contributed by atoms with Gasteiger partial charge in [0.2, 0.25) is 5.28 Å². The first-order chi connectivity index (χ1) is 10.4. The Morgan fingerprint density at radius 1 is 1.14 bits per heavy atom. The molecule has 2 heterocycles. The van der Waals surface area contributed by atoms with Gasteiger partial charge in [0.05, 0.1) is 6.54 Å². The summed E-state index contributed by atoms with van der Waals surface area (Å²) in [5, 5.41) is 0.177. The Balaban J connectivity index is 2.26. The molecule has 3 aromatic rings. The van der Waals surface area contributed by atoms with Gasteiger partial charge in [0.25, 0.3) is 5.56 Å². The predicted octanol–water partition coefficient (Wildman–Crippen LogP) is 1.90. The second kappa shape index (κ2) is 5.40. The normalized spacial score (nSPS) is 11.3. The maximum absolute atomic E-state index is 12.4. The Morgan fingerprint density at radius 2 is 1.77 bits per heavy atom. The molecule has 0 bridgehead atoms. The number of imidazole rings is 1. The summed E-state index contributed by atoms with van der Waals surface area (Å²) in [7, 11) is 3.01. The largest absolute Gasteiger partial charge is 0.332 e. The van der Waals surface area contributed by atoms with Crippen molar-refractivity contribution < 1.29 is 0 Å². The molecule has 1 aromatic carbocycles. The monoisotopic (exact) mass is 382 g/mol. The van der Waals surface area contributed by atoms with Crippen molar-refractivity contribution in [3.8, 4) is 0 Å². The molecule has 8 heteroatoms. The molecule has 0 saturated heterocycles. The minimum atomic E-state index is -0.428. The zero-order valence-electron chi connectivity index (χ0n) is 11.9. The molecule has 0 fully saturated rings. The zero-order chi connectivity index (χ0) is 16.0. The van der Waals surface area contributed by atoms with E-state index in [1.165, 1.54) is 11.6 Å². The van der Waals surface area contributed by atoms with Crippen LogP contribution in [0.3, 0.4) is 0 Å². The molecule has 22 heavy (non-hydrogen) atoms. The molecule has 0 radical (unpaired) electrons. The van der Waals surface area contributed by atoms with Crippen LogP contribution in [0.5, 0.6) is 0 Å². The molecule has 0 aliphatic heterocycles. The number of halogens is 2. The van der Waals surface area contributed by atoms with Gasteiger partial charge in [-0.1, -0.05) is 28.1 Å². The van der Waals surface area contributed by atoms with Gasteiger partial charge in [0, 0.05) is 18.6 Å². The van der Waals surface area contributed by atoms with Crippen molar-refractivity contribution in [1.29, 1.82) is 0 Å². The lowest BCUT2D eigenvalue weighted by Crippen LogP contribution is -2.37. The molecule has 114 valence electrons. The lowest BCUT2D eigenvalue weighted by molar-refractivity contribution is 0.702. The van der Waals surface area contributed by atoms with Crippen LogP contribution < -0.4 is 11.2 Å². The third-order valence-electron chi connectivity index (χ3n) is 3.56. The minimum Gasteiger partial charge on any atom is -0.304 e. The van der Waals surface area contributed by atoms with E-state index in [0.717, 1.165) is 14.6 Å². The smallest absolute Gasteiger partial charge is 0.304 e. The fourth-order valence-corrected chi connectivity index (χ4v) is 2.83. The van der Waals surface area contributed by atoms with Gasteiger partial charge in [-0.2, -0.15) is 4.98 Å². The quantitative estimate of drug-likeness (QED) is 0.635. The van der Waals surface area contributed by atoms with Crippen LogP contribution in [0.4, 0.5) is 0 Å². The molecular weight excluding hydrogens is 372 g/mol. The molecule has 0 saturated carbocycles. The van der Waals surface area contributed by atoms with Crippen molar-refractivity contribution in [3.05, 3.63) is 60.4 Å². The Morgan fingerprint density at radius 3 is 2.41 bits per heavy atom. The van der Waals surface area contributed by atoms with Gasteiger partial charge in [-0.15, -0.1) is 0 Å². The number of aryl methyl sites for hydroxylation is 1. The molecule has 3 rings (SSSR count). The summed E-state index contributed by atoms with van der Waals surface area (Å²) >= 11 is 9.56. The zero-order valence-corrected chi connectivity index (χ0v) is 14.2. The first-order valence-electron chi connectivity index (χ1n) is 6.46. The first kappa shape index (κ1) is 15.1. The van der Waals surface area contributed by atoms with Crippen LogP contribution in [0.2, 0.25) is 5.28 Å². The number of fused-ring (bicyclic) bond motifs is 1. The fourth-order valence-electron chi connectivity index (χ4n) is 2.34. The number of benzene rings is 1. The highest BCUT2D eigenvalue weighted by molar-refractivity contribution is 9.10. The lowest BCUT2D eigenvalue weighted by atomic mass is 10.2. The van der Waals surface area contributed by atoms with Crippen LogP contribution in [0.15, 0.2) is 38.3 Å². The Bertz CT molecular complexity index is 985. The van der Waals surface area contributed by atoms with E-state index in [0.29, 0.717) is 12.1 Å². The second-order valence-corrected chi connectivity index (χ2v) is 6.23. The maximum Gasteiger partial charge on any atom is 0.332 e. The Kier molecular flexibility index (Phi) is 3.70. The lowest BCUT2D eigenvalue weighted by Gasteiger charge is -2.07. The molecule has 0 aliphatic rings. The number of hydrogen-bond donors (Lipinski definition) is 0. The summed E-state index contributed by atoms with van der Waals surface area (Å²) in [5.74, 6) is 0. The first-order valence-corrected chi connectivity index (χ1v) is 7.63. The van der Waals surface area contributed by atoms with E-state index in [1.807, 2.05) is 24.3 Å². The molecule has 6 nitrogen and oxygen atoms in total. The average molecular weight is 384 g/mol. The molecule has 0 amide bonds. The summed E-state index contributed by atoms with van der Waals surface area (Å²) in [6.45, 7) is 0.399. The Labute approximate surface area is 138 Å². The molecule has 2 aromatic heterocycles. The van der Waals surface area contributed by atoms with Gasteiger partial charge < -0.3 is 4.57 Å². The summed E-state index contributed by atoms with van der Waals surface area (Å²) in [4.78, 5) is 28.5. The maximum atomic E-state index is 12.4. The molecular formula is C14H12BrClN4O2. The van der Waals surface area contributed by atoms with Crippen molar-refractivity contribution in [2.75, 3.05) is 0 Å². The third-order valence-corrected chi connectivity index (χ3v) is 4.37. The van der Waals surface area contributed by atoms with Crippen molar-refractivity contribution in [2.45, 2.75) is 6.54 Å². The van der Waals surface area contributed by atoms with E-state index in [9.17, 15) is 9.59 Å². The van der Waals surface area contributed by atoms with Gasteiger partial charge in [-0.05, 0) is 29.3 Å². The van der Waals surface area contributed by atoms with Crippen LogP contribution in [0.1, 0.15) is 5.56 Å². The van der Waals surface area contributed by atoms with Gasteiger partial charge >= 0.3 is 5.69 Å². The molecule has 0 atom stereocenters. The molecule has 0 unspecified atom stereocenters. The standard InChI is InChI=1S/C14H12BrClN4O2/c1-18-11-10(12(21)19(2)14(18)22)20(13(16)17-11)7-8-3-5-9(15)6-4-8/h3-6H,7H2,1-2H3. The van der Waals surface area contributed by atoms with E-state index < -0.39 is 11.2 Å². The average Bonchev–Trinajstić information content (AvgIpc) is 2.82. The highest BCUT2D eigenvalue weighted by atomic mass is 79.9. The van der Waals surface area contributed by atoms with Crippen molar-refractivity contribution >= 4 is 38.7 Å². The van der Waals surface area contributed by atoms with Gasteiger partial charge in [-0.25, -0.2) is 4.79 Å². The highest BCUT2D eigenvalue weighted by Gasteiger charge is 2.18. The van der Waals surface area contributed by atoms with Crippen LogP contribution in [0, 0.1) is 0 Å². The third kappa shape index (κ3) is 2.30. The van der Waals surface area contributed by atoms with Crippen molar-refractivity contribution in [1.82, 2.24) is 18.7 Å². The van der Waals surface area contributed by atoms with Gasteiger partial charge in [0.15, 0.2) is 11.2 Å². The summed E-state index contributed by atoms with van der Waals surface area (Å²) < 4.78 is 4.96. The van der Waals surface area contributed by atoms with E-state index in [-0.39, 0.29) is 10.9 Å². The number of rotatable bonds is 2. The van der Waals surface area contributed by atoms with Crippen molar-refractivity contribution in [2.24, 2.45) is 14.1 Å². The van der Waals surface area contributed by atoms with Crippen LogP contribution in [0.25, 0.3) is 11.2 Å². The number of aromatic nitrogens is 4. The number of nitrogens with zero attached hydrogens (tertiary/aromatic N) is 4. The molecule has 0 spiro atoms. The topological polar surface area (TPSA) is 61.8 Å². The van der Waals surface area contributed by atoms with Gasteiger partial charge in [-0.3, -0.25) is 13.9 Å². The molecule has 0 N–H and O–H groups in total. The summed E-state index contributed by atoms with van der Waals surface area (Å²) in [6, 6.07) is 7.68. The van der Waals surface area contributed by atoms with E-state index >= 15 is 0 Å². The van der Waals surface area contributed by atoms with E-state index in [2.05, 4.69) is 20.9 Å². The van der Waals surface area contributed by atoms with E-state index in [1.54, 1.807) is 11.6 Å². The van der Waals surface area contributed by atoms with Crippen LogP contribution >= 0.6 is 27.5 Å². The Hall–Kier alpha value is -1.86. The predicted molar refractivity (Wildman–Crippen MR) is 88.5 cm³/mol. The van der Waals surface area contributed by atoms with Crippen molar-refractivity contribution in [3.63, 3.8) is 0 Å². The molecule has 0 aliphatic carbocycles.